The average Bonchev–Trinajstić information content (AvgIpc) is 2.67. The molecule has 0 radical (unpaired) electrons. The van der Waals surface area contributed by atoms with E-state index >= 15 is 0 Å². The summed E-state index contributed by atoms with van der Waals surface area (Å²) >= 11 is 0. The molecule has 1 atom stereocenters. The fourth-order valence-electron chi connectivity index (χ4n) is 1.70. The summed E-state index contributed by atoms with van der Waals surface area (Å²) in [7, 11) is 0. The summed E-state index contributed by atoms with van der Waals surface area (Å²) in [4.78, 5) is 10.4. The predicted octanol–water partition coefficient (Wildman–Crippen LogP) is 0.950. The van der Waals surface area contributed by atoms with Gasteiger partial charge in [-0.15, -0.1) is 0 Å². The lowest BCUT2D eigenvalue weighted by molar-refractivity contribution is 0.194. The Kier molecular flexibility index (Phi) is 2.93. The van der Waals surface area contributed by atoms with Gasteiger partial charge in [0.1, 0.15) is 6.10 Å². The highest BCUT2D eigenvalue weighted by Gasteiger charge is 2.22. The van der Waals surface area contributed by atoms with Gasteiger partial charge in [0.15, 0.2) is 0 Å². The van der Waals surface area contributed by atoms with Crippen molar-refractivity contribution >= 4 is 0 Å². The summed E-state index contributed by atoms with van der Waals surface area (Å²) in [6.45, 7) is 5.40. The molecule has 1 unspecified atom stereocenters. The number of likely N-dealkylation sites (tertiary alicyclic amines) is 1. The van der Waals surface area contributed by atoms with Crippen LogP contribution in [-0.2, 0) is 0 Å². The van der Waals surface area contributed by atoms with Crippen LogP contribution in [0, 0.1) is 0 Å². The second kappa shape index (κ2) is 4.37. The molecule has 0 N–H and O–H groups in total. The summed E-state index contributed by atoms with van der Waals surface area (Å²) in [6.07, 6.45) is 6.34. The molecule has 0 spiro atoms. The monoisotopic (exact) mass is 193 g/mol. The van der Waals surface area contributed by atoms with Crippen LogP contribution in [0.25, 0.3) is 0 Å². The van der Waals surface area contributed by atoms with Crippen LogP contribution in [0.1, 0.15) is 13.3 Å². The highest BCUT2D eigenvalue weighted by atomic mass is 16.5. The Bertz CT molecular complexity index is 278. The largest absolute Gasteiger partial charge is 0.472 e. The number of ether oxygens (including phenoxy) is 1. The summed E-state index contributed by atoms with van der Waals surface area (Å²) in [5, 5.41) is 0. The molecule has 0 aliphatic carbocycles. The second-order valence-electron chi connectivity index (χ2n) is 3.47. The molecule has 4 nitrogen and oxygen atoms in total. The Hall–Kier alpha value is -1.16. The Morgan fingerprint density at radius 1 is 1.57 bits per heavy atom. The van der Waals surface area contributed by atoms with E-state index in [4.69, 9.17) is 4.74 Å². The molecule has 1 saturated heterocycles. The van der Waals surface area contributed by atoms with Gasteiger partial charge in [0.05, 0.1) is 6.20 Å². The van der Waals surface area contributed by atoms with Crippen LogP contribution in [0.5, 0.6) is 5.88 Å². The molecule has 1 aliphatic rings. The van der Waals surface area contributed by atoms with Crippen LogP contribution in [0.3, 0.4) is 0 Å². The zero-order chi connectivity index (χ0) is 9.80. The lowest BCUT2D eigenvalue weighted by Gasteiger charge is -2.13. The van der Waals surface area contributed by atoms with Gasteiger partial charge in [-0.1, -0.05) is 6.92 Å². The van der Waals surface area contributed by atoms with Crippen LogP contribution in [0.2, 0.25) is 0 Å². The van der Waals surface area contributed by atoms with Crippen LogP contribution in [0.4, 0.5) is 0 Å². The molecule has 2 rings (SSSR count). The molecule has 1 fully saturated rings. The summed E-state index contributed by atoms with van der Waals surface area (Å²) in [5.74, 6) is 0.635. The maximum absolute atomic E-state index is 5.69. The van der Waals surface area contributed by atoms with Crippen molar-refractivity contribution in [2.45, 2.75) is 19.4 Å². The van der Waals surface area contributed by atoms with Gasteiger partial charge in [0.25, 0.3) is 0 Å². The third kappa shape index (κ3) is 2.20. The Morgan fingerprint density at radius 3 is 3.14 bits per heavy atom. The molecule has 76 valence electrons. The number of rotatable bonds is 3. The second-order valence-corrected chi connectivity index (χ2v) is 3.47. The van der Waals surface area contributed by atoms with E-state index in [1.54, 1.807) is 18.6 Å². The van der Waals surface area contributed by atoms with Crippen molar-refractivity contribution in [3.63, 3.8) is 0 Å². The maximum Gasteiger partial charge on any atom is 0.232 e. The van der Waals surface area contributed by atoms with E-state index in [-0.39, 0.29) is 6.10 Å². The van der Waals surface area contributed by atoms with Gasteiger partial charge < -0.3 is 4.74 Å². The molecule has 4 heteroatoms. The maximum atomic E-state index is 5.69. The van der Waals surface area contributed by atoms with Crippen molar-refractivity contribution < 1.29 is 4.74 Å². The van der Waals surface area contributed by atoms with Gasteiger partial charge in [0.2, 0.25) is 5.88 Å². The van der Waals surface area contributed by atoms with Crippen molar-refractivity contribution in [3.8, 4) is 5.88 Å². The van der Waals surface area contributed by atoms with Crippen molar-refractivity contribution in [1.29, 1.82) is 0 Å². The van der Waals surface area contributed by atoms with Crippen molar-refractivity contribution in [2.24, 2.45) is 0 Å². The SMILES string of the molecule is CCN1CCC(Oc2cnccn2)C1. The quantitative estimate of drug-likeness (QED) is 0.716. The van der Waals surface area contributed by atoms with Crippen molar-refractivity contribution in [3.05, 3.63) is 18.6 Å². The Morgan fingerprint density at radius 2 is 2.50 bits per heavy atom. The third-order valence-electron chi connectivity index (χ3n) is 2.50. The minimum Gasteiger partial charge on any atom is -0.472 e. The van der Waals surface area contributed by atoms with Crippen molar-refractivity contribution in [1.82, 2.24) is 14.9 Å². The first-order chi connectivity index (χ1) is 6.88. The van der Waals surface area contributed by atoms with Crippen LogP contribution in [-0.4, -0.2) is 40.6 Å². The smallest absolute Gasteiger partial charge is 0.232 e. The number of hydrogen-bond donors (Lipinski definition) is 0. The molecule has 2 heterocycles. The highest BCUT2D eigenvalue weighted by molar-refractivity contribution is 5.02. The molecule has 1 aromatic heterocycles. The van der Waals surface area contributed by atoms with Crippen LogP contribution < -0.4 is 4.74 Å². The molecule has 0 aromatic carbocycles. The Labute approximate surface area is 83.9 Å². The fourth-order valence-corrected chi connectivity index (χ4v) is 1.70. The third-order valence-corrected chi connectivity index (χ3v) is 2.50. The molecule has 1 aliphatic heterocycles. The lowest BCUT2D eigenvalue weighted by atomic mass is 10.3. The minimum atomic E-state index is 0.284. The summed E-state index contributed by atoms with van der Waals surface area (Å²) < 4.78 is 5.69. The zero-order valence-electron chi connectivity index (χ0n) is 8.39. The van der Waals surface area contributed by atoms with E-state index < -0.39 is 0 Å². The van der Waals surface area contributed by atoms with E-state index in [0.29, 0.717) is 5.88 Å². The van der Waals surface area contributed by atoms with Gasteiger partial charge in [-0.25, -0.2) is 4.98 Å². The van der Waals surface area contributed by atoms with Crippen LogP contribution >= 0.6 is 0 Å². The standard InChI is InChI=1S/C10H15N3O/c1-2-13-6-3-9(8-13)14-10-7-11-4-5-12-10/h4-5,7,9H,2-3,6,8H2,1H3. The molecular formula is C10H15N3O. The van der Waals surface area contributed by atoms with Gasteiger partial charge in [-0.3, -0.25) is 9.88 Å². The topological polar surface area (TPSA) is 38.2 Å². The molecule has 0 amide bonds. The summed E-state index contributed by atoms with van der Waals surface area (Å²) in [5.41, 5.74) is 0. The van der Waals surface area contributed by atoms with E-state index in [1.807, 2.05) is 0 Å². The fraction of sp³-hybridized carbons (Fsp3) is 0.600. The predicted molar refractivity (Wildman–Crippen MR) is 53.2 cm³/mol. The minimum absolute atomic E-state index is 0.284. The van der Waals surface area contributed by atoms with Crippen LogP contribution in [0.15, 0.2) is 18.6 Å². The normalized spacial score (nSPS) is 22.5. The number of hydrogen-bond acceptors (Lipinski definition) is 4. The molecule has 0 bridgehead atoms. The van der Waals surface area contributed by atoms with E-state index in [1.165, 1.54) is 0 Å². The molecule has 14 heavy (non-hydrogen) atoms. The highest BCUT2D eigenvalue weighted by Crippen LogP contribution is 2.14. The first-order valence-electron chi connectivity index (χ1n) is 5.03. The van der Waals surface area contributed by atoms with E-state index in [2.05, 4.69) is 21.8 Å². The lowest BCUT2D eigenvalue weighted by Crippen LogP contribution is -2.24. The van der Waals surface area contributed by atoms with Gasteiger partial charge in [0, 0.05) is 25.5 Å². The Balaban J connectivity index is 1.88. The van der Waals surface area contributed by atoms with Gasteiger partial charge >= 0.3 is 0 Å². The first kappa shape index (κ1) is 9.40. The molecular weight excluding hydrogens is 178 g/mol. The van der Waals surface area contributed by atoms with Gasteiger partial charge in [-0.2, -0.15) is 0 Å². The zero-order valence-corrected chi connectivity index (χ0v) is 8.39. The van der Waals surface area contributed by atoms with E-state index in [9.17, 15) is 0 Å². The molecule has 0 saturated carbocycles. The summed E-state index contributed by atoms with van der Waals surface area (Å²) in [6, 6.07) is 0. The van der Waals surface area contributed by atoms with E-state index in [0.717, 1.165) is 26.1 Å². The first-order valence-corrected chi connectivity index (χ1v) is 5.03. The number of aromatic nitrogens is 2. The number of nitrogens with zero attached hydrogens (tertiary/aromatic N) is 3. The molecule has 1 aromatic rings. The van der Waals surface area contributed by atoms with Gasteiger partial charge in [-0.05, 0) is 13.0 Å². The average molecular weight is 193 g/mol. The number of likely N-dealkylation sites (N-methyl/N-ethyl adjacent to an activating group) is 1. The van der Waals surface area contributed by atoms with Crippen molar-refractivity contribution in [2.75, 3.05) is 19.6 Å².